The van der Waals surface area contributed by atoms with Crippen LogP contribution < -0.4 is 5.32 Å². The summed E-state index contributed by atoms with van der Waals surface area (Å²) >= 11 is 3.25. The van der Waals surface area contributed by atoms with Crippen molar-refractivity contribution in [3.8, 4) is 0 Å². The number of nitrogens with one attached hydrogen (secondary N) is 1. The predicted octanol–water partition coefficient (Wildman–Crippen LogP) is 2.41. The molecule has 0 aliphatic heterocycles. The van der Waals surface area contributed by atoms with E-state index in [1.165, 1.54) is 6.07 Å². The number of carbonyl (C=O) groups excluding carboxylic acids is 1. The summed E-state index contributed by atoms with van der Waals surface area (Å²) in [5.74, 6) is -1.78. The molecule has 0 aliphatic rings. The van der Waals surface area contributed by atoms with Crippen LogP contribution in [0.15, 0.2) is 18.2 Å². The summed E-state index contributed by atoms with van der Waals surface area (Å²) in [5.41, 5.74) is -0.192. The van der Waals surface area contributed by atoms with Crippen molar-refractivity contribution in [3.63, 3.8) is 0 Å². The zero-order chi connectivity index (χ0) is 12.1. The van der Waals surface area contributed by atoms with Gasteiger partial charge in [-0.15, -0.1) is 0 Å². The van der Waals surface area contributed by atoms with E-state index in [1.54, 1.807) is 0 Å². The largest absolute Gasteiger partial charge is 0.355 e. The Balaban J connectivity index is 2.63. The van der Waals surface area contributed by atoms with Gasteiger partial charge >= 0.3 is 0 Å². The average Bonchev–Trinajstić information content (AvgIpc) is 2.21. The van der Waals surface area contributed by atoms with Crippen LogP contribution in [0.4, 0.5) is 8.78 Å². The molecule has 0 heterocycles. The maximum atomic E-state index is 13.2. The van der Waals surface area contributed by atoms with E-state index in [0.717, 1.165) is 12.1 Å². The standard InChI is InChI=1S/C11H12BrF2NO/c1-7(12)6-15-11(16)5-8-9(13)3-2-4-10(8)14/h2-4,7H,5-6H2,1H3,(H,15,16). The molecule has 1 N–H and O–H groups in total. The first-order valence-corrected chi connectivity index (χ1v) is 5.76. The summed E-state index contributed by atoms with van der Waals surface area (Å²) in [5, 5.41) is 2.57. The number of hydrogen-bond acceptors (Lipinski definition) is 1. The smallest absolute Gasteiger partial charge is 0.224 e. The molecule has 1 unspecified atom stereocenters. The first-order chi connectivity index (χ1) is 7.50. The van der Waals surface area contributed by atoms with Crippen LogP contribution in [0.1, 0.15) is 12.5 Å². The highest BCUT2D eigenvalue weighted by Crippen LogP contribution is 2.12. The molecule has 2 nitrogen and oxygen atoms in total. The van der Waals surface area contributed by atoms with Crippen molar-refractivity contribution < 1.29 is 13.6 Å². The summed E-state index contributed by atoms with van der Waals surface area (Å²) in [6.07, 6.45) is -0.280. The van der Waals surface area contributed by atoms with E-state index in [4.69, 9.17) is 0 Å². The van der Waals surface area contributed by atoms with Gasteiger partial charge in [-0.1, -0.05) is 28.9 Å². The molecule has 1 aromatic carbocycles. The second-order valence-electron chi connectivity index (χ2n) is 3.46. The molecule has 16 heavy (non-hydrogen) atoms. The Morgan fingerprint density at radius 3 is 2.50 bits per heavy atom. The van der Waals surface area contributed by atoms with Gasteiger partial charge in [0.25, 0.3) is 0 Å². The van der Waals surface area contributed by atoms with Crippen LogP contribution in [0.3, 0.4) is 0 Å². The van der Waals surface area contributed by atoms with Gasteiger partial charge in [0, 0.05) is 16.9 Å². The van der Waals surface area contributed by atoms with E-state index in [0.29, 0.717) is 6.54 Å². The van der Waals surface area contributed by atoms with Crippen LogP contribution in [0.25, 0.3) is 0 Å². The third kappa shape index (κ3) is 3.89. The summed E-state index contributed by atoms with van der Waals surface area (Å²) in [6, 6.07) is 3.55. The van der Waals surface area contributed by atoms with Crippen LogP contribution in [0, 0.1) is 11.6 Å². The van der Waals surface area contributed by atoms with Crippen molar-refractivity contribution >= 4 is 21.8 Å². The Labute approximate surface area is 101 Å². The predicted molar refractivity (Wildman–Crippen MR) is 61.5 cm³/mol. The van der Waals surface area contributed by atoms with Gasteiger partial charge in [-0.2, -0.15) is 0 Å². The topological polar surface area (TPSA) is 29.1 Å². The fourth-order valence-electron chi connectivity index (χ4n) is 1.18. The SMILES string of the molecule is CC(Br)CNC(=O)Cc1c(F)cccc1F. The first-order valence-electron chi connectivity index (χ1n) is 4.84. The minimum absolute atomic E-state index is 0.127. The number of amides is 1. The van der Waals surface area contributed by atoms with Crippen LogP contribution in [0.5, 0.6) is 0 Å². The van der Waals surface area contributed by atoms with E-state index >= 15 is 0 Å². The van der Waals surface area contributed by atoms with Gasteiger partial charge in [0.2, 0.25) is 5.91 Å². The third-order valence-corrected chi connectivity index (χ3v) is 2.30. The maximum Gasteiger partial charge on any atom is 0.224 e. The number of benzene rings is 1. The summed E-state index contributed by atoms with van der Waals surface area (Å²) in [7, 11) is 0. The lowest BCUT2D eigenvalue weighted by molar-refractivity contribution is -0.120. The van der Waals surface area contributed by atoms with Crippen molar-refractivity contribution in [2.24, 2.45) is 0 Å². The van der Waals surface area contributed by atoms with Gasteiger partial charge in [-0.25, -0.2) is 8.78 Å². The first kappa shape index (κ1) is 13.1. The highest BCUT2D eigenvalue weighted by atomic mass is 79.9. The molecule has 88 valence electrons. The highest BCUT2D eigenvalue weighted by molar-refractivity contribution is 9.09. The molecular weight excluding hydrogens is 280 g/mol. The Bertz CT molecular complexity index is 362. The van der Waals surface area contributed by atoms with Gasteiger partial charge in [0.05, 0.1) is 6.42 Å². The van der Waals surface area contributed by atoms with Crippen LogP contribution in [0.2, 0.25) is 0 Å². The highest BCUT2D eigenvalue weighted by Gasteiger charge is 2.12. The molecule has 0 aromatic heterocycles. The van der Waals surface area contributed by atoms with Gasteiger partial charge in [0.1, 0.15) is 11.6 Å². The van der Waals surface area contributed by atoms with E-state index in [1.807, 2.05) is 6.92 Å². The summed E-state index contributed by atoms with van der Waals surface area (Å²) < 4.78 is 26.4. The van der Waals surface area contributed by atoms with Crippen molar-refractivity contribution in [2.75, 3.05) is 6.54 Å². The van der Waals surface area contributed by atoms with Crippen molar-refractivity contribution in [3.05, 3.63) is 35.4 Å². The van der Waals surface area contributed by atoms with Gasteiger partial charge in [-0.3, -0.25) is 4.79 Å². The molecule has 1 rings (SSSR count). The van der Waals surface area contributed by atoms with E-state index in [-0.39, 0.29) is 16.8 Å². The van der Waals surface area contributed by atoms with Crippen molar-refractivity contribution in [2.45, 2.75) is 18.2 Å². The number of halogens is 3. The van der Waals surface area contributed by atoms with E-state index in [9.17, 15) is 13.6 Å². The molecule has 5 heteroatoms. The Morgan fingerprint density at radius 1 is 1.44 bits per heavy atom. The Hall–Kier alpha value is -0.970. The molecule has 1 amide bonds. The number of carbonyl (C=O) groups is 1. The molecule has 0 saturated carbocycles. The molecule has 0 spiro atoms. The fourth-order valence-corrected chi connectivity index (χ4v) is 1.34. The molecule has 0 fully saturated rings. The number of alkyl halides is 1. The average molecular weight is 292 g/mol. The van der Waals surface area contributed by atoms with Crippen LogP contribution in [-0.2, 0) is 11.2 Å². The fraction of sp³-hybridized carbons (Fsp3) is 0.364. The lowest BCUT2D eigenvalue weighted by Crippen LogP contribution is -2.30. The molecule has 1 atom stereocenters. The second-order valence-corrected chi connectivity index (χ2v) is 5.02. The lowest BCUT2D eigenvalue weighted by atomic mass is 10.1. The van der Waals surface area contributed by atoms with Crippen LogP contribution >= 0.6 is 15.9 Å². The molecule has 0 saturated heterocycles. The van der Waals surface area contributed by atoms with Crippen LogP contribution in [-0.4, -0.2) is 17.3 Å². The number of hydrogen-bond donors (Lipinski definition) is 1. The zero-order valence-corrected chi connectivity index (χ0v) is 10.4. The number of rotatable bonds is 4. The molecular formula is C11H12BrF2NO. The quantitative estimate of drug-likeness (QED) is 0.848. The third-order valence-electron chi connectivity index (χ3n) is 1.98. The van der Waals surface area contributed by atoms with E-state index in [2.05, 4.69) is 21.2 Å². The van der Waals surface area contributed by atoms with E-state index < -0.39 is 17.5 Å². The Kier molecular flexibility index (Phi) is 4.86. The van der Waals surface area contributed by atoms with Gasteiger partial charge in [-0.05, 0) is 12.1 Å². The normalized spacial score (nSPS) is 12.2. The Morgan fingerprint density at radius 2 is 2.00 bits per heavy atom. The summed E-state index contributed by atoms with van der Waals surface area (Å²) in [4.78, 5) is 11.5. The maximum absolute atomic E-state index is 13.2. The minimum Gasteiger partial charge on any atom is -0.355 e. The summed E-state index contributed by atoms with van der Waals surface area (Å²) in [6.45, 7) is 2.29. The van der Waals surface area contributed by atoms with Gasteiger partial charge in [0.15, 0.2) is 0 Å². The molecule has 1 aromatic rings. The van der Waals surface area contributed by atoms with Crippen molar-refractivity contribution in [1.82, 2.24) is 5.32 Å². The zero-order valence-electron chi connectivity index (χ0n) is 8.77. The molecule has 0 aliphatic carbocycles. The lowest BCUT2D eigenvalue weighted by Gasteiger charge is -2.07. The second kappa shape index (κ2) is 5.94. The van der Waals surface area contributed by atoms with Crippen molar-refractivity contribution in [1.29, 1.82) is 0 Å². The molecule has 0 bridgehead atoms. The monoisotopic (exact) mass is 291 g/mol. The van der Waals surface area contributed by atoms with Gasteiger partial charge < -0.3 is 5.32 Å². The molecule has 0 radical (unpaired) electrons. The minimum atomic E-state index is -0.693.